The second kappa shape index (κ2) is 9.20. The smallest absolute Gasteiger partial charge is 0.238 e. The van der Waals surface area contributed by atoms with Crippen molar-refractivity contribution in [3.05, 3.63) is 24.3 Å². The predicted molar refractivity (Wildman–Crippen MR) is 114 cm³/mol. The van der Waals surface area contributed by atoms with Crippen molar-refractivity contribution < 1.29 is 14.4 Å². The van der Waals surface area contributed by atoms with E-state index in [0.717, 1.165) is 49.4 Å². The maximum Gasteiger partial charge on any atom is 0.238 e. The van der Waals surface area contributed by atoms with Crippen LogP contribution >= 0.6 is 11.8 Å². The highest BCUT2D eigenvalue weighted by molar-refractivity contribution is 8.01. The van der Waals surface area contributed by atoms with Crippen molar-refractivity contribution in [3.8, 4) is 0 Å². The predicted octanol–water partition coefficient (Wildman–Crippen LogP) is 3.13. The summed E-state index contributed by atoms with van der Waals surface area (Å²) in [4.78, 5) is 42.9. The summed E-state index contributed by atoms with van der Waals surface area (Å²) in [5, 5.41) is 2.51. The highest BCUT2D eigenvalue weighted by atomic mass is 32.2. The van der Waals surface area contributed by atoms with Gasteiger partial charge in [-0.25, -0.2) is 0 Å². The van der Waals surface area contributed by atoms with Crippen molar-refractivity contribution in [2.75, 3.05) is 31.5 Å². The Bertz CT molecular complexity index is 768. The molecule has 6 nitrogen and oxygen atoms in total. The molecule has 0 radical (unpaired) electrons. The Morgan fingerprint density at radius 1 is 0.966 bits per heavy atom. The topological polar surface area (TPSA) is 69.7 Å². The van der Waals surface area contributed by atoms with Gasteiger partial charge in [0, 0.05) is 43.4 Å². The number of nitrogens with zero attached hydrogens (tertiary/aromatic N) is 2. The first-order valence-electron chi connectivity index (χ1n) is 10.7. The van der Waals surface area contributed by atoms with Crippen LogP contribution in [-0.2, 0) is 14.4 Å². The molecule has 3 aliphatic rings. The average molecular weight is 416 g/mol. The Hall–Kier alpha value is -2.02. The number of anilines is 1. The van der Waals surface area contributed by atoms with Gasteiger partial charge in [0.1, 0.15) is 0 Å². The molecule has 7 heteroatoms. The minimum absolute atomic E-state index is 0.0118. The first kappa shape index (κ1) is 20.3. The molecule has 3 aliphatic heterocycles. The van der Waals surface area contributed by atoms with Crippen LogP contribution in [0.3, 0.4) is 0 Å². The van der Waals surface area contributed by atoms with Gasteiger partial charge < -0.3 is 15.1 Å². The van der Waals surface area contributed by atoms with Crippen LogP contribution in [0.1, 0.15) is 44.9 Å². The minimum Gasteiger partial charge on any atom is -0.343 e. The molecule has 1 aromatic carbocycles. The molecule has 4 rings (SSSR count). The summed E-state index contributed by atoms with van der Waals surface area (Å²) in [5.41, 5.74) is 0.819. The lowest BCUT2D eigenvalue weighted by atomic mass is 9.94. The second-order valence-corrected chi connectivity index (χ2v) is 9.44. The van der Waals surface area contributed by atoms with Crippen LogP contribution in [0.15, 0.2) is 29.2 Å². The van der Waals surface area contributed by atoms with E-state index >= 15 is 0 Å². The van der Waals surface area contributed by atoms with E-state index in [9.17, 15) is 14.4 Å². The van der Waals surface area contributed by atoms with E-state index in [2.05, 4.69) is 5.32 Å². The molecular weight excluding hydrogens is 386 g/mol. The van der Waals surface area contributed by atoms with Gasteiger partial charge in [-0.3, -0.25) is 14.4 Å². The highest BCUT2D eigenvalue weighted by Gasteiger charge is 2.34. The number of carbonyl (C=O) groups is 3. The number of fused-ring (bicyclic) bond motifs is 1. The van der Waals surface area contributed by atoms with Gasteiger partial charge >= 0.3 is 0 Å². The molecule has 1 aromatic rings. The van der Waals surface area contributed by atoms with Gasteiger partial charge in [0.25, 0.3) is 0 Å². The Balaban J connectivity index is 1.28. The molecule has 3 amide bonds. The average Bonchev–Trinajstić information content (AvgIpc) is 3.03. The van der Waals surface area contributed by atoms with Gasteiger partial charge in [0.05, 0.1) is 10.9 Å². The van der Waals surface area contributed by atoms with E-state index in [1.54, 1.807) is 0 Å². The largest absolute Gasteiger partial charge is 0.343 e. The van der Waals surface area contributed by atoms with Gasteiger partial charge in [-0.05, 0) is 37.8 Å². The van der Waals surface area contributed by atoms with Gasteiger partial charge in [-0.15, -0.1) is 11.8 Å². The third-order valence-corrected chi connectivity index (χ3v) is 7.46. The molecule has 0 bridgehead atoms. The fourth-order valence-corrected chi connectivity index (χ4v) is 5.54. The van der Waals surface area contributed by atoms with Crippen molar-refractivity contribution in [1.82, 2.24) is 9.80 Å². The SMILES string of the molecule is O=C1Nc2ccccc2S[C@H]1CC(=O)N1CCC(C(=O)N2CCCCCC2)CC1. The van der Waals surface area contributed by atoms with Crippen molar-refractivity contribution in [3.63, 3.8) is 0 Å². The van der Waals surface area contributed by atoms with E-state index in [0.29, 0.717) is 13.1 Å². The number of rotatable bonds is 3. The number of para-hydroxylation sites is 1. The number of thioether (sulfide) groups is 1. The van der Waals surface area contributed by atoms with Crippen LogP contribution < -0.4 is 5.32 Å². The minimum atomic E-state index is -0.395. The third kappa shape index (κ3) is 4.77. The molecule has 0 unspecified atom stereocenters. The molecule has 2 saturated heterocycles. The van der Waals surface area contributed by atoms with Gasteiger partial charge in [-0.2, -0.15) is 0 Å². The monoisotopic (exact) mass is 415 g/mol. The normalized spacial score (nSPS) is 23.2. The molecule has 0 aromatic heterocycles. The van der Waals surface area contributed by atoms with Crippen molar-refractivity contribution >= 4 is 35.2 Å². The van der Waals surface area contributed by atoms with Crippen molar-refractivity contribution in [2.24, 2.45) is 5.92 Å². The summed E-state index contributed by atoms with van der Waals surface area (Å²) in [7, 11) is 0. The molecule has 2 fully saturated rings. The maximum atomic E-state index is 12.8. The van der Waals surface area contributed by atoms with Crippen LogP contribution in [0.2, 0.25) is 0 Å². The zero-order valence-corrected chi connectivity index (χ0v) is 17.6. The Labute approximate surface area is 176 Å². The number of piperidine rings is 1. The van der Waals surface area contributed by atoms with Crippen molar-refractivity contribution in [2.45, 2.75) is 55.1 Å². The molecular formula is C22H29N3O3S. The third-order valence-electron chi connectivity index (χ3n) is 6.18. The molecule has 0 spiro atoms. The number of benzene rings is 1. The first-order chi connectivity index (χ1) is 14.1. The lowest BCUT2D eigenvalue weighted by molar-refractivity contribution is -0.140. The Kier molecular flexibility index (Phi) is 6.43. The standard InChI is InChI=1S/C22H29N3O3S/c26-20(15-19-21(27)23-17-7-3-4-8-18(17)29-19)24-13-9-16(10-14-24)22(28)25-11-5-1-2-6-12-25/h3-4,7-8,16,19H,1-2,5-6,9-15H2,(H,23,27)/t19-/m0/s1. The molecule has 0 aliphatic carbocycles. The van der Waals surface area contributed by atoms with E-state index in [-0.39, 0.29) is 30.1 Å². The molecule has 3 heterocycles. The van der Waals surface area contributed by atoms with Crippen LogP contribution in [0, 0.1) is 5.92 Å². The summed E-state index contributed by atoms with van der Waals surface area (Å²) in [6.45, 7) is 2.98. The fraction of sp³-hybridized carbons (Fsp3) is 0.591. The Morgan fingerprint density at radius 3 is 2.38 bits per heavy atom. The van der Waals surface area contributed by atoms with E-state index in [1.165, 1.54) is 24.6 Å². The van der Waals surface area contributed by atoms with Crippen LogP contribution in [-0.4, -0.2) is 59.0 Å². The number of hydrogen-bond acceptors (Lipinski definition) is 4. The number of amides is 3. The van der Waals surface area contributed by atoms with Gasteiger partial charge in [-0.1, -0.05) is 25.0 Å². The van der Waals surface area contributed by atoms with Crippen molar-refractivity contribution in [1.29, 1.82) is 0 Å². The quantitative estimate of drug-likeness (QED) is 0.823. The summed E-state index contributed by atoms with van der Waals surface area (Å²) in [6, 6.07) is 7.68. The zero-order chi connectivity index (χ0) is 20.2. The molecule has 1 atom stereocenters. The zero-order valence-electron chi connectivity index (χ0n) is 16.8. The van der Waals surface area contributed by atoms with Crippen LogP contribution in [0.5, 0.6) is 0 Å². The van der Waals surface area contributed by atoms with E-state index in [1.807, 2.05) is 34.1 Å². The lowest BCUT2D eigenvalue weighted by Gasteiger charge is -2.35. The lowest BCUT2D eigenvalue weighted by Crippen LogP contribution is -2.45. The van der Waals surface area contributed by atoms with E-state index < -0.39 is 5.25 Å². The highest BCUT2D eigenvalue weighted by Crippen LogP contribution is 2.37. The first-order valence-corrected chi connectivity index (χ1v) is 11.6. The second-order valence-electron chi connectivity index (χ2n) is 8.19. The summed E-state index contributed by atoms with van der Waals surface area (Å²) >= 11 is 1.46. The molecule has 1 N–H and O–H groups in total. The Morgan fingerprint density at radius 2 is 1.66 bits per heavy atom. The number of carbonyl (C=O) groups excluding carboxylic acids is 3. The molecule has 29 heavy (non-hydrogen) atoms. The van der Waals surface area contributed by atoms with Crippen LogP contribution in [0.25, 0.3) is 0 Å². The summed E-state index contributed by atoms with van der Waals surface area (Å²) in [6.07, 6.45) is 6.31. The maximum absolute atomic E-state index is 12.8. The van der Waals surface area contributed by atoms with E-state index in [4.69, 9.17) is 0 Å². The number of nitrogens with one attached hydrogen (secondary N) is 1. The summed E-state index contributed by atoms with van der Waals surface area (Å²) < 4.78 is 0. The number of likely N-dealkylation sites (tertiary alicyclic amines) is 2. The summed E-state index contributed by atoms with van der Waals surface area (Å²) in [5.74, 6) is 0.222. The molecule has 0 saturated carbocycles. The van der Waals surface area contributed by atoms with Gasteiger partial charge in [0.2, 0.25) is 17.7 Å². The fourth-order valence-electron chi connectivity index (χ4n) is 4.44. The molecule has 156 valence electrons. The van der Waals surface area contributed by atoms with Gasteiger partial charge in [0.15, 0.2) is 0 Å². The van der Waals surface area contributed by atoms with Crippen LogP contribution in [0.4, 0.5) is 5.69 Å². The number of hydrogen-bond donors (Lipinski definition) is 1.